The lowest BCUT2D eigenvalue weighted by atomic mass is 9.90. The van der Waals surface area contributed by atoms with Gasteiger partial charge in [0.05, 0.1) is 17.8 Å². The van der Waals surface area contributed by atoms with E-state index in [2.05, 4.69) is 35.6 Å². The van der Waals surface area contributed by atoms with Gasteiger partial charge in [0.1, 0.15) is 0 Å². The summed E-state index contributed by atoms with van der Waals surface area (Å²) in [4.78, 5) is 4.06. The highest BCUT2D eigenvalue weighted by atomic mass is 32.2. The molecule has 5 nitrogen and oxygen atoms in total. The van der Waals surface area contributed by atoms with Crippen LogP contribution in [-0.2, 0) is 27.7 Å². The summed E-state index contributed by atoms with van der Waals surface area (Å²) in [5, 5.41) is 3.60. The van der Waals surface area contributed by atoms with E-state index >= 15 is 0 Å². The van der Waals surface area contributed by atoms with Crippen molar-refractivity contribution < 1.29 is 8.42 Å². The van der Waals surface area contributed by atoms with Crippen LogP contribution in [0.4, 0.5) is 0 Å². The van der Waals surface area contributed by atoms with Crippen LogP contribution in [-0.4, -0.2) is 30.3 Å². The molecule has 0 fully saturated rings. The second kappa shape index (κ2) is 10.8. The predicted molar refractivity (Wildman–Crippen MR) is 116 cm³/mol. The van der Waals surface area contributed by atoms with Crippen LogP contribution >= 0.6 is 0 Å². The average Bonchev–Trinajstić information content (AvgIpc) is 3.16. The fourth-order valence-electron chi connectivity index (χ4n) is 3.49. The molecule has 0 saturated heterocycles. The Bertz CT molecular complexity index is 799. The Morgan fingerprint density at radius 3 is 2.61 bits per heavy atom. The molecule has 0 unspecified atom stereocenters. The maximum Gasteiger partial charge on any atom is 0.154 e. The zero-order chi connectivity index (χ0) is 20.5. The number of benzene rings is 1. The molecule has 1 N–H and O–H groups in total. The van der Waals surface area contributed by atoms with Crippen molar-refractivity contribution in [3.8, 4) is 0 Å². The van der Waals surface area contributed by atoms with E-state index in [0.717, 1.165) is 56.3 Å². The van der Waals surface area contributed by atoms with Gasteiger partial charge in [-0.25, -0.2) is 13.4 Å². The van der Waals surface area contributed by atoms with E-state index in [4.69, 9.17) is 0 Å². The van der Waals surface area contributed by atoms with Gasteiger partial charge in [0, 0.05) is 24.5 Å². The number of aryl methyl sites for hydroxylation is 1. The van der Waals surface area contributed by atoms with Gasteiger partial charge in [0.25, 0.3) is 0 Å². The van der Waals surface area contributed by atoms with E-state index < -0.39 is 9.84 Å². The summed E-state index contributed by atoms with van der Waals surface area (Å²) < 4.78 is 27.3. The number of hydrogen-bond acceptors (Lipinski definition) is 4. The lowest BCUT2D eigenvalue weighted by Gasteiger charge is -2.29. The first kappa shape index (κ1) is 22.6. The largest absolute Gasteiger partial charge is 0.337 e. The van der Waals surface area contributed by atoms with Gasteiger partial charge in [0.15, 0.2) is 9.84 Å². The Balaban J connectivity index is 1.96. The minimum atomic E-state index is -3.09. The normalized spacial score (nSPS) is 12.4. The highest BCUT2D eigenvalue weighted by Gasteiger charge is 2.24. The summed E-state index contributed by atoms with van der Waals surface area (Å²) in [6, 6.07) is 7.92. The van der Waals surface area contributed by atoms with Crippen LogP contribution < -0.4 is 5.32 Å². The first-order chi connectivity index (χ1) is 13.3. The molecule has 1 aromatic carbocycles. The zero-order valence-corrected chi connectivity index (χ0v) is 18.3. The molecule has 0 bridgehead atoms. The number of nitrogens with one attached hydrogen (secondary N) is 1. The molecule has 0 amide bonds. The van der Waals surface area contributed by atoms with Crippen molar-refractivity contribution in [3.05, 3.63) is 54.1 Å². The molecule has 0 aliphatic rings. The van der Waals surface area contributed by atoms with Gasteiger partial charge < -0.3 is 9.88 Å². The molecule has 0 atom stereocenters. The highest BCUT2D eigenvalue weighted by molar-refractivity contribution is 7.90. The molecule has 2 aromatic rings. The molecule has 1 heterocycles. The molecule has 0 aliphatic heterocycles. The van der Waals surface area contributed by atoms with Gasteiger partial charge in [-0.05, 0) is 44.4 Å². The highest BCUT2D eigenvalue weighted by Crippen LogP contribution is 2.26. The number of hydrogen-bond donors (Lipinski definition) is 1. The maximum absolute atomic E-state index is 12.6. The monoisotopic (exact) mass is 405 g/mol. The summed E-state index contributed by atoms with van der Waals surface area (Å²) in [5.74, 6) is 0.398. The molecule has 2 rings (SSSR count). The SMILES string of the molecule is CCCCCCS(=O)(=O)Cc1ccccc1C(C)(C)NCCCn1ccnc1. The first-order valence-corrected chi connectivity index (χ1v) is 12.2. The molecule has 6 heteroatoms. The number of imidazole rings is 1. The van der Waals surface area contributed by atoms with Crippen molar-refractivity contribution in [3.63, 3.8) is 0 Å². The zero-order valence-electron chi connectivity index (χ0n) is 17.5. The minimum Gasteiger partial charge on any atom is -0.337 e. The fourth-order valence-corrected chi connectivity index (χ4v) is 5.00. The van der Waals surface area contributed by atoms with Gasteiger partial charge in [0.2, 0.25) is 0 Å². The summed E-state index contributed by atoms with van der Waals surface area (Å²) >= 11 is 0. The number of nitrogens with zero attached hydrogens (tertiary/aromatic N) is 2. The van der Waals surface area contributed by atoms with Gasteiger partial charge in [-0.2, -0.15) is 0 Å². The second-order valence-corrected chi connectivity index (χ2v) is 10.2. The number of sulfone groups is 1. The third-order valence-electron chi connectivity index (χ3n) is 5.09. The topological polar surface area (TPSA) is 64.0 Å². The predicted octanol–water partition coefficient (Wildman–Crippen LogP) is 4.29. The number of aromatic nitrogens is 2. The molecule has 1 aromatic heterocycles. The Labute approximate surface area is 170 Å². The van der Waals surface area contributed by atoms with Gasteiger partial charge in [-0.15, -0.1) is 0 Å². The van der Waals surface area contributed by atoms with E-state index in [0.29, 0.717) is 0 Å². The van der Waals surface area contributed by atoms with E-state index in [1.165, 1.54) is 0 Å². The van der Waals surface area contributed by atoms with Crippen molar-refractivity contribution in [2.75, 3.05) is 12.3 Å². The fraction of sp³-hybridized carbons (Fsp3) is 0.591. The van der Waals surface area contributed by atoms with E-state index in [9.17, 15) is 8.42 Å². The first-order valence-electron chi connectivity index (χ1n) is 10.3. The molecule has 28 heavy (non-hydrogen) atoms. The summed E-state index contributed by atoms with van der Waals surface area (Å²) in [7, 11) is -3.09. The van der Waals surface area contributed by atoms with Crippen molar-refractivity contribution in [1.82, 2.24) is 14.9 Å². The molecular formula is C22H35N3O2S. The molecule has 0 spiro atoms. The van der Waals surface area contributed by atoms with E-state index in [1.54, 1.807) is 6.20 Å². The quantitative estimate of drug-likeness (QED) is 0.505. The van der Waals surface area contributed by atoms with Crippen molar-refractivity contribution in [2.45, 2.75) is 70.7 Å². The summed E-state index contributed by atoms with van der Waals surface area (Å²) in [6.45, 7) is 8.14. The molecular weight excluding hydrogens is 370 g/mol. The van der Waals surface area contributed by atoms with Crippen LogP contribution in [0.2, 0.25) is 0 Å². The average molecular weight is 406 g/mol. The minimum absolute atomic E-state index is 0.120. The maximum atomic E-state index is 12.6. The molecule has 0 radical (unpaired) electrons. The van der Waals surface area contributed by atoms with Gasteiger partial charge in [-0.1, -0.05) is 50.5 Å². The van der Waals surface area contributed by atoms with Crippen LogP contribution in [0.25, 0.3) is 0 Å². The Morgan fingerprint density at radius 1 is 1.11 bits per heavy atom. The Morgan fingerprint density at radius 2 is 1.89 bits per heavy atom. The lowest BCUT2D eigenvalue weighted by Crippen LogP contribution is -2.38. The summed E-state index contributed by atoms with van der Waals surface area (Å²) in [5.41, 5.74) is 1.68. The third kappa shape index (κ3) is 7.40. The second-order valence-electron chi connectivity index (χ2n) is 8.02. The molecule has 0 saturated carbocycles. The standard InChI is InChI=1S/C22H35N3O2S/c1-4-5-6-9-17-28(26,27)18-20-11-7-8-12-21(20)22(2,3)24-13-10-15-25-16-14-23-19-25/h7-8,11-12,14,16,19,24H,4-6,9-10,13,15,17-18H2,1-3H3. The lowest BCUT2D eigenvalue weighted by molar-refractivity contribution is 0.391. The third-order valence-corrected chi connectivity index (χ3v) is 6.76. The van der Waals surface area contributed by atoms with Crippen LogP contribution in [0, 0.1) is 0 Å². The van der Waals surface area contributed by atoms with Crippen LogP contribution in [0.1, 0.15) is 64.0 Å². The van der Waals surface area contributed by atoms with Crippen molar-refractivity contribution in [2.24, 2.45) is 0 Å². The summed E-state index contributed by atoms with van der Waals surface area (Å²) in [6.07, 6.45) is 10.5. The van der Waals surface area contributed by atoms with Crippen molar-refractivity contribution in [1.29, 1.82) is 0 Å². The number of unbranched alkanes of at least 4 members (excludes halogenated alkanes) is 3. The Hall–Kier alpha value is -1.66. The van der Waals surface area contributed by atoms with Gasteiger partial charge in [-0.3, -0.25) is 0 Å². The van der Waals surface area contributed by atoms with Crippen molar-refractivity contribution >= 4 is 9.84 Å². The smallest absolute Gasteiger partial charge is 0.154 e. The van der Waals surface area contributed by atoms with E-state index in [-0.39, 0.29) is 17.0 Å². The number of rotatable bonds is 13. The molecule has 0 aliphatic carbocycles. The Kier molecular flexibility index (Phi) is 8.70. The van der Waals surface area contributed by atoms with Gasteiger partial charge >= 0.3 is 0 Å². The molecule has 156 valence electrons. The van der Waals surface area contributed by atoms with E-state index in [1.807, 2.05) is 36.8 Å². The van der Waals surface area contributed by atoms with Crippen LogP contribution in [0.5, 0.6) is 0 Å². The van der Waals surface area contributed by atoms with Crippen LogP contribution in [0.3, 0.4) is 0 Å². The van der Waals surface area contributed by atoms with Crippen LogP contribution in [0.15, 0.2) is 43.0 Å².